The number of hydrogen-bond acceptors (Lipinski definition) is 3. The Bertz CT molecular complexity index is 795. The van der Waals surface area contributed by atoms with E-state index in [1.165, 1.54) is 16.7 Å². The zero-order valence-electron chi connectivity index (χ0n) is 10.9. The van der Waals surface area contributed by atoms with Gasteiger partial charge in [0.05, 0.1) is 5.52 Å². The van der Waals surface area contributed by atoms with E-state index < -0.39 is 0 Å². The smallest absolute Gasteiger partial charge is 0.268 e. The molecule has 4 nitrogen and oxygen atoms in total. The first kappa shape index (κ1) is 12.5. The summed E-state index contributed by atoms with van der Waals surface area (Å²) in [7, 11) is 0. The summed E-state index contributed by atoms with van der Waals surface area (Å²) in [5.74, 6) is 0.142. The van der Waals surface area contributed by atoms with Crippen molar-refractivity contribution in [3.05, 3.63) is 60.1 Å². The number of imidazole rings is 1. The third kappa shape index (κ3) is 2.07. The molecule has 0 aliphatic heterocycles. The van der Waals surface area contributed by atoms with Crippen molar-refractivity contribution in [2.45, 2.75) is 13.3 Å². The van der Waals surface area contributed by atoms with Crippen LogP contribution in [0.15, 0.2) is 42.7 Å². The SMILES string of the molecule is CCc1nccn1C(=O)c1ccc2cc(F)ccc2n1. The van der Waals surface area contributed by atoms with Crippen LogP contribution in [0.1, 0.15) is 23.2 Å². The molecule has 1 aromatic carbocycles. The third-order valence-corrected chi connectivity index (χ3v) is 3.12. The Kier molecular flexibility index (Phi) is 3.02. The molecule has 2 aromatic heterocycles. The Morgan fingerprint density at radius 3 is 2.95 bits per heavy atom. The maximum absolute atomic E-state index is 13.1. The summed E-state index contributed by atoms with van der Waals surface area (Å²) in [5, 5.41) is 0.669. The van der Waals surface area contributed by atoms with Crippen LogP contribution < -0.4 is 0 Å². The van der Waals surface area contributed by atoms with Crippen LogP contribution in [0.4, 0.5) is 4.39 Å². The fraction of sp³-hybridized carbons (Fsp3) is 0.133. The summed E-state index contributed by atoms with van der Waals surface area (Å²) >= 11 is 0. The zero-order chi connectivity index (χ0) is 14.1. The molecule has 100 valence electrons. The van der Waals surface area contributed by atoms with Crippen molar-refractivity contribution in [3.63, 3.8) is 0 Å². The van der Waals surface area contributed by atoms with Gasteiger partial charge in [-0.3, -0.25) is 9.36 Å². The van der Waals surface area contributed by atoms with Gasteiger partial charge in [-0.1, -0.05) is 13.0 Å². The molecule has 0 amide bonds. The Morgan fingerprint density at radius 2 is 2.15 bits per heavy atom. The highest BCUT2D eigenvalue weighted by molar-refractivity contribution is 5.96. The fourth-order valence-electron chi connectivity index (χ4n) is 2.12. The Labute approximate surface area is 114 Å². The van der Waals surface area contributed by atoms with Gasteiger partial charge in [0.1, 0.15) is 17.3 Å². The van der Waals surface area contributed by atoms with E-state index in [2.05, 4.69) is 9.97 Å². The number of halogens is 1. The molecule has 0 saturated heterocycles. The molecule has 0 aliphatic rings. The van der Waals surface area contributed by atoms with Crippen molar-refractivity contribution < 1.29 is 9.18 Å². The van der Waals surface area contributed by atoms with Crippen LogP contribution in [0.5, 0.6) is 0 Å². The van der Waals surface area contributed by atoms with E-state index in [0.717, 1.165) is 0 Å². The highest BCUT2D eigenvalue weighted by Gasteiger charge is 2.13. The predicted octanol–water partition coefficient (Wildman–Crippen LogP) is 2.82. The standard InChI is InChI=1S/C15H12FN3O/c1-2-14-17-7-8-19(14)15(20)13-5-3-10-9-11(16)4-6-12(10)18-13/h3-9H,2H2,1H3. The number of carbonyl (C=O) groups is 1. The normalized spacial score (nSPS) is 10.9. The number of aryl methyl sites for hydroxylation is 1. The lowest BCUT2D eigenvalue weighted by Crippen LogP contribution is -2.15. The van der Waals surface area contributed by atoms with E-state index in [0.29, 0.717) is 28.8 Å². The minimum atomic E-state index is -0.318. The number of nitrogens with zero attached hydrogens (tertiary/aromatic N) is 3. The maximum Gasteiger partial charge on any atom is 0.281 e. The molecule has 3 aromatic rings. The van der Waals surface area contributed by atoms with Crippen LogP contribution in [0, 0.1) is 5.82 Å². The van der Waals surface area contributed by atoms with Crippen LogP contribution in [0.3, 0.4) is 0 Å². The summed E-state index contributed by atoms with van der Waals surface area (Å²) in [6.45, 7) is 1.93. The van der Waals surface area contributed by atoms with Gasteiger partial charge in [0.15, 0.2) is 0 Å². The highest BCUT2D eigenvalue weighted by Crippen LogP contribution is 2.15. The monoisotopic (exact) mass is 269 g/mol. The van der Waals surface area contributed by atoms with Gasteiger partial charge >= 0.3 is 0 Å². The fourth-order valence-corrected chi connectivity index (χ4v) is 2.12. The van der Waals surface area contributed by atoms with Crippen molar-refractivity contribution in [2.75, 3.05) is 0 Å². The summed E-state index contributed by atoms with van der Waals surface area (Å²) in [4.78, 5) is 20.8. The van der Waals surface area contributed by atoms with E-state index in [1.54, 1.807) is 30.6 Å². The maximum atomic E-state index is 13.1. The second-order valence-corrected chi connectivity index (χ2v) is 4.41. The van der Waals surface area contributed by atoms with E-state index >= 15 is 0 Å². The molecular weight excluding hydrogens is 257 g/mol. The first-order valence-electron chi connectivity index (χ1n) is 6.32. The summed E-state index contributed by atoms with van der Waals surface area (Å²) in [5.41, 5.74) is 0.909. The molecule has 20 heavy (non-hydrogen) atoms. The third-order valence-electron chi connectivity index (χ3n) is 3.12. The molecule has 5 heteroatoms. The van der Waals surface area contributed by atoms with Gasteiger partial charge in [0, 0.05) is 24.2 Å². The lowest BCUT2D eigenvalue weighted by molar-refractivity contribution is 0.0952. The number of benzene rings is 1. The van der Waals surface area contributed by atoms with Crippen LogP contribution in [-0.2, 0) is 6.42 Å². The molecule has 0 radical (unpaired) electrons. The molecule has 0 fully saturated rings. The first-order valence-corrected chi connectivity index (χ1v) is 6.32. The van der Waals surface area contributed by atoms with Crippen LogP contribution >= 0.6 is 0 Å². The highest BCUT2D eigenvalue weighted by atomic mass is 19.1. The number of fused-ring (bicyclic) bond motifs is 1. The van der Waals surface area contributed by atoms with E-state index in [-0.39, 0.29) is 11.7 Å². The molecule has 0 aliphatic carbocycles. The van der Waals surface area contributed by atoms with E-state index in [4.69, 9.17) is 0 Å². The number of pyridine rings is 1. The van der Waals surface area contributed by atoms with Gasteiger partial charge in [0.25, 0.3) is 5.91 Å². The van der Waals surface area contributed by atoms with Gasteiger partial charge in [-0.25, -0.2) is 14.4 Å². The average Bonchev–Trinajstić information content (AvgIpc) is 2.94. The van der Waals surface area contributed by atoms with Gasteiger partial charge in [-0.2, -0.15) is 0 Å². The average molecular weight is 269 g/mol. The number of carbonyl (C=O) groups excluding carboxylic acids is 1. The second-order valence-electron chi connectivity index (χ2n) is 4.41. The second kappa shape index (κ2) is 4.85. The van der Waals surface area contributed by atoms with Gasteiger partial charge in [-0.15, -0.1) is 0 Å². The molecule has 0 bridgehead atoms. The van der Waals surface area contributed by atoms with Crippen molar-refractivity contribution in [1.29, 1.82) is 0 Å². The van der Waals surface area contributed by atoms with Gasteiger partial charge < -0.3 is 0 Å². The summed E-state index contributed by atoms with van der Waals surface area (Å²) < 4.78 is 14.6. The zero-order valence-corrected chi connectivity index (χ0v) is 10.9. The van der Waals surface area contributed by atoms with Crippen LogP contribution in [0.2, 0.25) is 0 Å². The van der Waals surface area contributed by atoms with E-state index in [9.17, 15) is 9.18 Å². The van der Waals surface area contributed by atoms with Crippen molar-refractivity contribution >= 4 is 16.8 Å². The van der Waals surface area contributed by atoms with E-state index in [1.807, 2.05) is 6.92 Å². The molecule has 0 unspecified atom stereocenters. The Morgan fingerprint density at radius 1 is 1.30 bits per heavy atom. The minimum Gasteiger partial charge on any atom is -0.268 e. The molecule has 0 spiro atoms. The molecular formula is C15H12FN3O. The van der Waals surface area contributed by atoms with Crippen LogP contribution in [-0.4, -0.2) is 20.4 Å². The van der Waals surface area contributed by atoms with Crippen molar-refractivity contribution in [3.8, 4) is 0 Å². The molecule has 0 N–H and O–H groups in total. The van der Waals surface area contributed by atoms with Gasteiger partial charge in [-0.05, 0) is 24.3 Å². The van der Waals surface area contributed by atoms with Crippen LogP contribution in [0.25, 0.3) is 10.9 Å². The number of rotatable bonds is 2. The number of hydrogen-bond donors (Lipinski definition) is 0. The molecule has 2 heterocycles. The van der Waals surface area contributed by atoms with Gasteiger partial charge in [0.2, 0.25) is 0 Å². The van der Waals surface area contributed by atoms with Crippen molar-refractivity contribution in [2.24, 2.45) is 0 Å². The molecule has 0 saturated carbocycles. The first-order chi connectivity index (χ1) is 9.69. The van der Waals surface area contributed by atoms with Crippen molar-refractivity contribution in [1.82, 2.24) is 14.5 Å². The largest absolute Gasteiger partial charge is 0.281 e. The molecule has 0 atom stereocenters. The summed E-state index contributed by atoms with van der Waals surface area (Å²) in [6, 6.07) is 7.59. The Hall–Kier alpha value is -2.56. The quantitative estimate of drug-likeness (QED) is 0.718. The minimum absolute atomic E-state index is 0.231. The predicted molar refractivity (Wildman–Crippen MR) is 73.0 cm³/mol. The lowest BCUT2D eigenvalue weighted by Gasteiger charge is -2.05. The number of aromatic nitrogens is 3. The lowest BCUT2D eigenvalue weighted by atomic mass is 10.2. The molecule has 3 rings (SSSR count). The topological polar surface area (TPSA) is 47.8 Å². The Balaban J connectivity index is 2.06. The summed E-state index contributed by atoms with van der Waals surface area (Å²) in [6.07, 6.45) is 3.88.